The molecule has 3 N–H and O–H groups in total. The highest BCUT2D eigenvalue weighted by Crippen LogP contribution is 2.22. The van der Waals surface area contributed by atoms with Crippen molar-refractivity contribution >= 4 is 5.69 Å². The van der Waals surface area contributed by atoms with Crippen LogP contribution < -0.4 is 15.8 Å². The van der Waals surface area contributed by atoms with Crippen LogP contribution in [-0.4, -0.2) is 13.2 Å². The SMILES string of the molecule is COc1ccc(CC(C)NCc2ccc(C)cc2)cc1N. The fourth-order valence-electron chi connectivity index (χ4n) is 2.33. The Morgan fingerprint density at radius 2 is 1.76 bits per heavy atom. The molecule has 1 atom stereocenters. The van der Waals surface area contributed by atoms with Crippen LogP contribution in [0.25, 0.3) is 0 Å². The molecule has 0 spiro atoms. The molecule has 0 amide bonds. The Hall–Kier alpha value is -2.00. The summed E-state index contributed by atoms with van der Waals surface area (Å²) >= 11 is 0. The summed E-state index contributed by atoms with van der Waals surface area (Å²) < 4.78 is 5.18. The summed E-state index contributed by atoms with van der Waals surface area (Å²) in [5, 5.41) is 3.54. The van der Waals surface area contributed by atoms with Crippen molar-refractivity contribution < 1.29 is 4.74 Å². The lowest BCUT2D eigenvalue weighted by Crippen LogP contribution is -2.27. The summed E-state index contributed by atoms with van der Waals surface area (Å²) in [5.41, 5.74) is 10.5. The number of rotatable bonds is 6. The highest BCUT2D eigenvalue weighted by molar-refractivity contribution is 5.54. The van der Waals surface area contributed by atoms with E-state index in [4.69, 9.17) is 10.5 Å². The molecule has 2 aromatic carbocycles. The van der Waals surface area contributed by atoms with E-state index in [0.717, 1.165) is 18.7 Å². The monoisotopic (exact) mass is 284 g/mol. The van der Waals surface area contributed by atoms with Gasteiger partial charge in [-0.05, 0) is 43.5 Å². The first kappa shape index (κ1) is 15.4. The lowest BCUT2D eigenvalue weighted by atomic mass is 10.1. The normalized spacial score (nSPS) is 12.1. The van der Waals surface area contributed by atoms with E-state index in [1.807, 2.05) is 12.1 Å². The molecule has 3 heteroatoms. The van der Waals surface area contributed by atoms with Gasteiger partial charge in [-0.15, -0.1) is 0 Å². The van der Waals surface area contributed by atoms with Crippen LogP contribution in [-0.2, 0) is 13.0 Å². The minimum Gasteiger partial charge on any atom is -0.495 e. The maximum absolute atomic E-state index is 5.94. The lowest BCUT2D eigenvalue weighted by molar-refractivity contribution is 0.416. The van der Waals surface area contributed by atoms with E-state index >= 15 is 0 Å². The maximum Gasteiger partial charge on any atom is 0.141 e. The van der Waals surface area contributed by atoms with E-state index in [9.17, 15) is 0 Å². The van der Waals surface area contributed by atoms with Gasteiger partial charge in [-0.1, -0.05) is 35.9 Å². The third-order valence-electron chi connectivity index (χ3n) is 3.61. The van der Waals surface area contributed by atoms with Crippen LogP contribution >= 0.6 is 0 Å². The van der Waals surface area contributed by atoms with Gasteiger partial charge < -0.3 is 15.8 Å². The second-order valence-electron chi connectivity index (χ2n) is 5.55. The van der Waals surface area contributed by atoms with E-state index in [2.05, 4.69) is 49.5 Å². The van der Waals surface area contributed by atoms with Crippen molar-refractivity contribution in [2.75, 3.05) is 12.8 Å². The second kappa shape index (κ2) is 7.14. The van der Waals surface area contributed by atoms with E-state index in [-0.39, 0.29) is 0 Å². The minimum absolute atomic E-state index is 0.388. The fourth-order valence-corrected chi connectivity index (χ4v) is 2.33. The molecule has 0 heterocycles. The Bertz CT molecular complexity index is 578. The summed E-state index contributed by atoms with van der Waals surface area (Å²) in [5.74, 6) is 0.735. The van der Waals surface area contributed by atoms with Crippen LogP contribution in [0.5, 0.6) is 5.75 Å². The molecule has 0 aliphatic rings. The predicted molar refractivity (Wildman–Crippen MR) is 88.6 cm³/mol. The first-order valence-corrected chi connectivity index (χ1v) is 7.30. The van der Waals surface area contributed by atoms with Gasteiger partial charge in [0.1, 0.15) is 5.75 Å². The van der Waals surface area contributed by atoms with Crippen molar-refractivity contribution in [3.63, 3.8) is 0 Å². The van der Waals surface area contributed by atoms with Gasteiger partial charge in [0, 0.05) is 12.6 Å². The zero-order chi connectivity index (χ0) is 15.2. The molecule has 0 aliphatic heterocycles. The highest BCUT2D eigenvalue weighted by atomic mass is 16.5. The molecular formula is C18H24N2O. The van der Waals surface area contributed by atoms with Crippen molar-refractivity contribution in [3.05, 3.63) is 59.2 Å². The largest absolute Gasteiger partial charge is 0.495 e. The maximum atomic E-state index is 5.94. The van der Waals surface area contributed by atoms with Gasteiger partial charge in [0.2, 0.25) is 0 Å². The average Bonchev–Trinajstić information content (AvgIpc) is 2.47. The van der Waals surface area contributed by atoms with Crippen LogP contribution in [0.2, 0.25) is 0 Å². The van der Waals surface area contributed by atoms with Gasteiger partial charge in [-0.3, -0.25) is 0 Å². The smallest absolute Gasteiger partial charge is 0.141 e. The van der Waals surface area contributed by atoms with Gasteiger partial charge >= 0.3 is 0 Å². The summed E-state index contributed by atoms with van der Waals surface area (Å²) in [6.45, 7) is 5.18. The lowest BCUT2D eigenvalue weighted by Gasteiger charge is -2.15. The Kier molecular flexibility index (Phi) is 5.23. The van der Waals surface area contributed by atoms with Gasteiger partial charge in [-0.2, -0.15) is 0 Å². The van der Waals surface area contributed by atoms with E-state index in [1.165, 1.54) is 16.7 Å². The molecule has 0 saturated carbocycles. The third-order valence-corrected chi connectivity index (χ3v) is 3.61. The summed E-state index contributed by atoms with van der Waals surface area (Å²) in [4.78, 5) is 0. The van der Waals surface area contributed by atoms with Gasteiger partial charge in [0.15, 0.2) is 0 Å². The molecule has 0 bridgehead atoms. The predicted octanol–water partition coefficient (Wildman–Crippen LogP) is 3.31. The Morgan fingerprint density at radius 1 is 1.10 bits per heavy atom. The molecule has 0 fully saturated rings. The molecule has 3 nitrogen and oxygen atoms in total. The number of ether oxygens (including phenoxy) is 1. The van der Waals surface area contributed by atoms with Crippen molar-refractivity contribution in [3.8, 4) is 5.75 Å². The van der Waals surface area contributed by atoms with Gasteiger partial charge in [-0.25, -0.2) is 0 Å². The number of anilines is 1. The molecule has 112 valence electrons. The first-order chi connectivity index (χ1) is 10.1. The molecule has 1 unspecified atom stereocenters. The van der Waals surface area contributed by atoms with E-state index < -0.39 is 0 Å². The quantitative estimate of drug-likeness (QED) is 0.800. The summed E-state index contributed by atoms with van der Waals surface area (Å²) in [6.07, 6.45) is 0.944. The average molecular weight is 284 g/mol. The number of nitrogen functional groups attached to an aromatic ring is 1. The second-order valence-corrected chi connectivity index (χ2v) is 5.55. The van der Waals surface area contributed by atoms with Crippen LogP contribution in [0.4, 0.5) is 5.69 Å². The van der Waals surface area contributed by atoms with Crippen LogP contribution in [0, 0.1) is 6.92 Å². The molecule has 0 radical (unpaired) electrons. The number of aryl methyl sites for hydroxylation is 1. The highest BCUT2D eigenvalue weighted by Gasteiger charge is 2.06. The Labute approximate surface area is 127 Å². The van der Waals surface area contributed by atoms with Crippen LogP contribution in [0.15, 0.2) is 42.5 Å². The van der Waals surface area contributed by atoms with Gasteiger partial charge in [0.25, 0.3) is 0 Å². The molecule has 0 aromatic heterocycles. The zero-order valence-corrected chi connectivity index (χ0v) is 13.0. The van der Waals surface area contributed by atoms with Crippen molar-refractivity contribution in [2.24, 2.45) is 0 Å². The Balaban J connectivity index is 1.88. The molecule has 0 saturated heterocycles. The number of methoxy groups -OCH3 is 1. The van der Waals surface area contributed by atoms with Crippen molar-refractivity contribution in [1.82, 2.24) is 5.32 Å². The molecule has 0 aliphatic carbocycles. The van der Waals surface area contributed by atoms with Gasteiger partial charge in [0.05, 0.1) is 12.8 Å². The van der Waals surface area contributed by atoms with E-state index in [1.54, 1.807) is 7.11 Å². The topological polar surface area (TPSA) is 47.3 Å². The first-order valence-electron chi connectivity index (χ1n) is 7.30. The number of hydrogen-bond acceptors (Lipinski definition) is 3. The van der Waals surface area contributed by atoms with Crippen LogP contribution in [0.1, 0.15) is 23.6 Å². The number of nitrogens with one attached hydrogen (secondary N) is 1. The summed E-state index contributed by atoms with van der Waals surface area (Å²) in [6, 6.07) is 15.0. The van der Waals surface area contributed by atoms with Crippen molar-refractivity contribution in [2.45, 2.75) is 32.9 Å². The Morgan fingerprint density at radius 3 is 2.38 bits per heavy atom. The summed E-state index contributed by atoms with van der Waals surface area (Å²) in [7, 11) is 1.64. The fraction of sp³-hybridized carbons (Fsp3) is 0.333. The van der Waals surface area contributed by atoms with Crippen molar-refractivity contribution in [1.29, 1.82) is 0 Å². The minimum atomic E-state index is 0.388. The van der Waals surface area contributed by atoms with Crippen LogP contribution in [0.3, 0.4) is 0 Å². The standard InChI is InChI=1S/C18H24N2O/c1-13-4-6-15(7-5-13)12-20-14(2)10-16-8-9-18(21-3)17(19)11-16/h4-9,11,14,20H,10,12,19H2,1-3H3. The zero-order valence-electron chi connectivity index (χ0n) is 13.0. The molecule has 2 aromatic rings. The number of hydrogen-bond donors (Lipinski definition) is 2. The molecule has 21 heavy (non-hydrogen) atoms. The van der Waals surface area contributed by atoms with E-state index in [0.29, 0.717) is 11.7 Å². The molecular weight excluding hydrogens is 260 g/mol. The third kappa shape index (κ3) is 4.50. The molecule has 2 rings (SSSR count). The number of nitrogens with two attached hydrogens (primary N) is 1. The number of benzene rings is 2.